The van der Waals surface area contributed by atoms with Gasteiger partial charge in [-0.05, 0) is 30.7 Å². The number of nitrogens with zero attached hydrogens (tertiary/aromatic N) is 2. The summed E-state index contributed by atoms with van der Waals surface area (Å²) in [4.78, 5) is 24.7. The molecule has 0 unspecified atom stereocenters. The molecule has 6 nitrogen and oxygen atoms in total. The number of amides is 1. The maximum atomic E-state index is 12.5. The number of carbonyl (C=O) groups excluding carboxylic acids is 1. The third-order valence-corrected chi connectivity index (χ3v) is 4.53. The highest BCUT2D eigenvalue weighted by Gasteiger charge is 2.43. The second-order valence-electron chi connectivity index (χ2n) is 5.65. The molecule has 20 heavy (non-hydrogen) atoms. The standard InChI is InChI=1S/C14H17N3O3/c15-12-6-5-9-7-16(8-11(9)12)14(18)10-3-1-2-4-13(10)17(19)20/h1-4,9,11-12H,5-8,15H2/t9-,11-,12+/m1/s1. The topological polar surface area (TPSA) is 89.5 Å². The number of benzene rings is 1. The van der Waals surface area contributed by atoms with Gasteiger partial charge in [0, 0.05) is 25.2 Å². The molecular formula is C14H17N3O3. The van der Waals surface area contributed by atoms with E-state index in [0.717, 1.165) is 12.8 Å². The van der Waals surface area contributed by atoms with E-state index in [1.165, 1.54) is 12.1 Å². The number of carbonyl (C=O) groups is 1. The fourth-order valence-corrected chi connectivity index (χ4v) is 3.46. The van der Waals surface area contributed by atoms with Crippen LogP contribution < -0.4 is 5.73 Å². The minimum Gasteiger partial charge on any atom is -0.338 e. The van der Waals surface area contributed by atoms with E-state index in [2.05, 4.69) is 0 Å². The van der Waals surface area contributed by atoms with E-state index in [-0.39, 0.29) is 23.2 Å². The van der Waals surface area contributed by atoms with Crippen LogP contribution >= 0.6 is 0 Å². The van der Waals surface area contributed by atoms with Crippen molar-refractivity contribution in [2.75, 3.05) is 13.1 Å². The van der Waals surface area contributed by atoms with E-state index in [9.17, 15) is 14.9 Å². The van der Waals surface area contributed by atoms with Crippen molar-refractivity contribution in [2.24, 2.45) is 17.6 Å². The average molecular weight is 275 g/mol. The van der Waals surface area contributed by atoms with Gasteiger partial charge in [0.15, 0.2) is 0 Å². The molecule has 0 radical (unpaired) electrons. The van der Waals surface area contributed by atoms with Gasteiger partial charge < -0.3 is 10.6 Å². The van der Waals surface area contributed by atoms with Crippen molar-refractivity contribution in [3.63, 3.8) is 0 Å². The van der Waals surface area contributed by atoms with E-state index < -0.39 is 4.92 Å². The molecule has 6 heteroatoms. The molecule has 1 heterocycles. The van der Waals surface area contributed by atoms with Gasteiger partial charge in [0.05, 0.1) is 4.92 Å². The van der Waals surface area contributed by atoms with Crippen molar-refractivity contribution in [2.45, 2.75) is 18.9 Å². The van der Waals surface area contributed by atoms with Gasteiger partial charge in [-0.3, -0.25) is 14.9 Å². The molecule has 1 aromatic rings. The summed E-state index contributed by atoms with van der Waals surface area (Å²) in [5.74, 6) is 0.553. The predicted molar refractivity (Wildman–Crippen MR) is 73.2 cm³/mol. The number of hydrogen-bond donors (Lipinski definition) is 1. The summed E-state index contributed by atoms with van der Waals surface area (Å²) in [6, 6.07) is 6.28. The molecule has 0 bridgehead atoms. The van der Waals surface area contributed by atoms with E-state index in [4.69, 9.17) is 5.73 Å². The average Bonchev–Trinajstić information content (AvgIpc) is 3.00. The molecule has 2 aliphatic rings. The summed E-state index contributed by atoms with van der Waals surface area (Å²) < 4.78 is 0. The van der Waals surface area contributed by atoms with E-state index in [0.29, 0.717) is 24.9 Å². The lowest BCUT2D eigenvalue weighted by Gasteiger charge is -2.18. The fourth-order valence-electron chi connectivity index (χ4n) is 3.46. The van der Waals surface area contributed by atoms with E-state index in [1.54, 1.807) is 17.0 Å². The van der Waals surface area contributed by atoms with Crippen LogP contribution in [0.1, 0.15) is 23.2 Å². The Kier molecular flexibility index (Phi) is 3.17. The highest BCUT2D eigenvalue weighted by atomic mass is 16.6. The Morgan fingerprint density at radius 1 is 1.30 bits per heavy atom. The van der Waals surface area contributed by atoms with Crippen molar-refractivity contribution in [3.8, 4) is 0 Å². The predicted octanol–water partition coefficient (Wildman–Crippen LogP) is 1.40. The molecule has 0 aromatic heterocycles. The van der Waals surface area contributed by atoms with Crippen LogP contribution in [-0.2, 0) is 0 Å². The zero-order chi connectivity index (χ0) is 14.3. The molecule has 3 rings (SSSR count). The molecule has 1 saturated heterocycles. The molecule has 1 aromatic carbocycles. The fraction of sp³-hybridized carbons (Fsp3) is 0.500. The van der Waals surface area contributed by atoms with Crippen LogP contribution in [-0.4, -0.2) is 34.9 Å². The Balaban J connectivity index is 1.83. The summed E-state index contributed by atoms with van der Waals surface area (Å²) in [7, 11) is 0. The normalized spacial score (nSPS) is 28.4. The monoisotopic (exact) mass is 275 g/mol. The highest BCUT2D eigenvalue weighted by molar-refractivity contribution is 5.98. The number of rotatable bonds is 2. The first-order valence-corrected chi connectivity index (χ1v) is 6.86. The van der Waals surface area contributed by atoms with Gasteiger partial charge in [-0.1, -0.05) is 12.1 Å². The first-order chi connectivity index (χ1) is 9.58. The number of fused-ring (bicyclic) bond motifs is 1. The van der Waals surface area contributed by atoms with Gasteiger partial charge in [0.1, 0.15) is 5.56 Å². The van der Waals surface area contributed by atoms with Gasteiger partial charge in [0.25, 0.3) is 11.6 Å². The smallest absolute Gasteiger partial charge is 0.282 e. The van der Waals surface area contributed by atoms with E-state index >= 15 is 0 Å². The molecule has 2 N–H and O–H groups in total. The van der Waals surface area contributed by atoms with Crippen LogP contribution in [0.5, 0.6) is 0 Å². The third kappa shape index (κ3) is 2.06. The molecule has 1 aliphatic carbocycles. The van der Waals surface area contributed by atoms with Gasteiger partial charge in [-0.2, -0.15) is 0 Å². The first kappa shape index (κ1) is 13.1. The Morgan fingerprint density at radius 3 is 2.75 bits per heavy atom. The summed E-state index contributed by atoms with van der Waals surface area (Å²) in [6.45, 7) is 1.29. The van der Waals surface area contributed by atoms with Crippen molar-refractivity contribution in [1.82, 2.24) is 4.90 Å². The van der Waals surface area contributed by atoms with Gasteiger partial charge in [0.2, 0.25) is 0 Å². The summed E-state index contributed by atoms with van der Waals surface area (Å²) in [5.41, 5.74) is 6.10. The lowest BCUT2D eigenvalue weighted by atomic mass is 9.98. The maximum absolute atomic E-state index is 12.5. The number of likely N-dealkylation sites (tertiary alicyclic amines) is 1. The van der Waals surface area contributed by atoms with Crippen LogP contribution in [0.3, 0.4) is 0 Å². The van der Waals surface area contributed by atoms with Crippen LogP contribution in [0.2, 0.25) is 0 Å². The first-order valence-electron chi connectivity index (χ1n) is 6.86. The zero-order valence-corrected chi connectivity index (χ0v) is 11.1. The van der Waals surface area contributed by atoms with Crippen molar-refractivity contribution < 1.29 is 9.72 Å². The summed E-state index contributed by atoms with van der Waals surface area (Å²) in [5, 5.41) is 11.0. The molecule has 1 aliphatic heterocycles. The SMILES string of the molecule is N[C@H]1CC[C@@H]2CN(C(=O)c3ccccc3[N+](=O)[O-])C[C@H]21. The Bertz CT molecular complexity index is 560. The minimum absolute atomic E-state index is 0.126. The Labute approximate surface area is 116 Å². The number of nitrogens with two attached hydrogens (primary N) is 1. The van der Waals surface area contributed by atoms with Crippen molar-refractivity contribution in [3.05, 3.63) is 39.9 Å². The quantitative estimate of drug-likeness (QED) is 0.652. The molecular weight excluding hydrogens is 258 g/mol. The van der Waals surface area contributed by atoms with Gasteiger partial charge in [-0.15, -0.1) is 0 Å². The lowest BCUT2D eigenvalue weighted by molar-refractivity contribution is -0.385. The third-order valence-electron chi connectivity index (χ3n) is 4.53. The van der Waals surface area contributed by atoms with Gasteiger partial charge >= 0.3 is 0 Å². The Hall–Kier alpha value is -1.95. The van der Waals surface area contributed by atoms with Gasteiger partial charge in [-0.25, -0.2) is 0 Å². The summed E-state index contributed by atoms with van der Waals surface area (Å²) in [6.07, 6.45) is 2.06. The molecule has 3 atom stereocenters. The minimum atomic E-state index is -0.504. The lowest BCUT2D eigenvalue weighted by Crippen LogP contribution is -2.33. The largest absolute Gasteiger partial charge is 0.338 e. The summed E-state index contributed by atoms with van der Waals surface area (Å²) >= 11 is 0. The second-order valence-corrected chi connectivity index (χ2v) is 5.65. The molecule has 2 fully saturated rings. The van der Waals surface area contributed by atoms with E-state index in [1.807, 2.05) is 0 Å². The number of nitro benzene ring substituents is 1. The second kappa shape index (κ2) is 4.86. The zero-order valence-electron chi connectivity index (χ0n) is 11.1. The molecule has 1 amide bonds. The molecule has 0 spiro atoms. The molecule has 106 valence electrons. The van der Waals surface area contributed by atoms with Crippen LogP contribution in [0.4, 0.5) is 5.69 Å². The van der Waals surface area contributed by atoms with Crippen LogP contribution in [0.25, 0.3) is 0 Å². The number of para-hydroxylation sites is 1. The van der Waals surface area contributed by atoms with Crippen LogP contribution in [0, 0.1) is 22.0 Å². The Morgan fingerprint density at radius 2 is 2.05 bits per heavy atom. The van der Waals surface area contributed by atoms with Crippen LogP contribution in [0.15, 0.2) is 24.3 Å². The maximum Gasteiger partial charge on any atom is 0.282 e. The highest BCUT2D eigenvalue weighted by Crippen LogP contribution is 2.38. The number of hydrogen-bond acceptors (Lipinski definition) is 4. The number of nitro groups is 1. The van der Waals surface area contributed by atoms with Crippen molar-refractivity contribution >= 4 is 11.6 Å². The van der Waals surface area contributed by atoms with Crippen molar-refractivity contribution in [1.29, 1.82) is 0 Å². The molecule has 1 saturated carbocycles.